The summed E-state index contributed by atoms with van der Waals surface area (Å²) in [7, 11) is 0. The molecule has 1 aromatic rings. The monoisotopic (exact) mass is 292 g/mol. The normalized spacial score (nSPS) is 13.7. The van der Waals surface area contributed by atoms with Crippen molar-refractivity contribution in [2.45, 2.75) is 52.5 Å². The van der Waals surface area contributed by atoms with Gasteiger partial charge < -0.3 is 15.8 Å². The predicted octanol–water partition coefficient (Wildman–Crippen LogP) is 2.71. The lowest BCUT2D eigenvalue weighted by Crippen LogP contribution is -2.53. The smallest absolute Gasteiger partial charge is 0.237 e. The molecule has 1 rings (SSSR count). The zero-order valence-corrected chi connectivity index (χ0v) is 13.7. The molecule has 118 valence electrons. The Bertz CT molecular complexity index is 474. The van der Waals surface area contributed by atoms with Gasteiger partial charge in [0.2, 0.25) is 5.91 Å². The van der Waals surface area contributed by atoms with Crippen molar-refractivity contribution in [1.29, 1.82) is 0 Å². The highest BCUT2D eigenvalue weighted by molar-refractivity contribution is 5.84. The molecule has 0 saturated heterocycles. The van der Waals surface area contributed by atoms with E-state index in [2.05, 4.69) is 25.2 Å². The third-order valence-electron chi connectivity index (χ3n) is 3.72. The Balaban J connectivity index is 2.46. The molecule has 3 N–H and O–H groups in total. The number of nitrogens with one attached hydrogen (secondary N) is 1. The number of aryl methyl sites for hydroxylation is 2. The molecule has 1 unspecified atom stereocenters. The summed E-state index contributed by atoms with van der Waals surface area (Å²) in [5.74, 6) is 0.602. The standard InChI is InChI=1S/C17H28N2O2/c1-5-10-19-17(4,16(18)20)9-6-11-21-15-8-7-13(2)12-14(15)3/h7-8,12,19H,5-6,9-11H2,1-4H3,(H2,18,20). The van der Waals surface area contributed by atoms with Crippen LogP contribution in [0.4, 0.5) is 0 Å². The number of rotatable bonds is 9. The van der Waals surface area contributed by atoms with Gasteiger partial charge in [-0.15, -0.1) is 0 Å². The van der Waals surface area contributed by atoms with E-state index >= 15 is 0 Å². The van der Waals surface area contributed by atoms with Crippen LogP contribution in [0.1, 0.15) is 44.2 Å². The number of carbonyl (C=O) groups is 1. The number of benzene rings is 1. The summed E-state index contributed by atoms with van der Waals surface area (Å²) in [6.45, 7) is 9.41. The van der Waals surface area contributed by atoms with E-state index in [1.54, 1.807) is 0 Å². The fraction of sp³-hybridized carbons (Fsp3) is 0.588. The van der Waals surface area contributed by atoms with Gasteiger partial charge in [-0.2, -0.15) is 0 Å². The molecule has 4 nitrogen and oxygen atoms in total. The number of hydrogen-bond donors (Lipinski definition) is 2. The molecule has 0 saturated carbocycles. The zero-order chi connectivity index (χ0) is 15.9. The molecule has 0 aliphatic carbocycles. The summed E-state index contributed by atoms with van der Waals surface area (Å²) in [6, 6.07) is 6.14. The highest BCUT2D eigenvalue weighted by Gasteiger charge is 2.29. The maximum absolute atomic E-state index is 11.6. The average molecular weight is 292 g/mol. The number of hydrogen-bond acceptors (Lipinski definition) is 3. The van der Waals surface area contributed by atoms with E-state index in [1.807, 2.05) is 26.0 Å². The maximum Gasteiger partial charge on any atom is 0.237 e. The minimum atomic E-state index is -0.651. The lowest BCUT2D eigenvalue weighted by atomic mass is 9.95. The van der Waals surface area contributed by atoms with Crippen LogP contribution in [0.5, 0.6) is 5.75 Å². The molecule has 21 heavy (non-hydrogen) atoms. The minimum absolute atomic E-state index is 0.303. The van der Waals surface area contributed by atoms with Gasteiger partial charge in [0.25, 0.3) is 0 Å². The van der Waals surface area contributed by atoms with Crippen LogP contribution in [-0.4, -0.2) is 24.6 Å². The summed E-state index contributed by atoms with van der Waals surface area (Å²) in [4.78, 5) is 11.6. The van der Waals surface area contributed by atoms with E-state index in [4.69, 9.17) is 10.5 Å². The Morgan fingerprint density at radius 1 is 1.38 bits per heavy atom. The Morgan fingerprint density at radius 3 is 2.67 bits per heavy atom. The second kappa shape index (κ2) is 8.03. The number of nitrogens with two attached hydrogens (primary N) is 1. The van der Waals surface area contributed by atoms with Gasteiger partial charge in [0.05, 0.1) is 12.1 Å². The molecule has 0 heterocycles. The van der Waals surface area contributed by atoms with Gasteiger partial charge in [0.1, 0.15) is 5.75 Å². The van der Waals surface area contributed by atoms with Crippen molar-refractivity contribution in [3.8, 4) is 5.75 Å². The van der Waals surface area contributed by atoms with Crippen molar-refractivity contribution < 1.29 is 9.53 Å². The van der Waals surface area contributed by atoms with E-state index in [9.17, 15) is 4.79 Å². The van der Waals surface area contributed by atoms with Crippen molar-refractivity contribution in [1.82, 2.24) is 5.32 Å². The molecule has 0 aromatic heterocycles. The Labute approximate surface area is 128 Å². The van der Waals surface area contributed by atoms with Crippen molar-refractivity contribution in [2.24, 2.45) is 5.73 Å². The molecular weight excluding hydrogens is 264 g/mol. The SMILES string of the molecule is CCCNC(C)(CCCOc1ccc(C)cc1C)C(N)=O. The Morgan fingerprint density at radius 2 is 2.10 bits per heavy atom. The molecule has 4 heteroatoms. The van der Waals surface area contributed by atoms with E-state index in [0.717, 1.165) is 30.7 Å². The average Bonchev–Trinajstić information content (AvgIpc) is 2.43. The highest BCUT2D eigenvalue weighted by Crippen LogP contribution is 2.20. The van der Waals surface area contributed by atoms with Crippen LogP contribution in [-0.2, 0) is 4.79 Å². The lowest BCUT2D eigenvalue weighted by molar-refractivity contribution is -0.124. The molecular formula is C17H28N2O2. The summed E-state index contributed by atoms with van der Waals surface area (Å²) in [6.07, 6.45) is 2.43. The quantitative estimate of drug-likeness (QED) is 0.688. The van der Waals surface area contributed by atoms with E-state index < -0.39 is 5.54 Å². The number of primary amides is 1. The van der Waals surface area contributed by atoms with Crippen molar-refractivity contribution in [3.05, 3.63) is 29.3 Å². The summed E-state index contributed by atoms with van der Waals surface area (Å²) in [5, 5.41) is 3.23. The Kier molecular flexibility index (Phi) is 6.69. The molecule has 0 bridgehead atoms. The molecule has 0 aliphatic heterocycles. The number of amides is 1. The van der Waals surface area contributed by atoms with E-state index in [-0.39, 0.29) is 5.91 Å². The minimum Gasteiger partial charge on any atom is -0.493 e. The van der Waals surface area contributed by atoms with Gasteiger partial charge in [-0.3, -0.25) is 4.79 Å². The zero-order valence-electron chi connectivity index (χ0n) is 13.7. The van der Waals surface area contributed by atoms with Crippen LogP contribution >= 0.6 is 0 Å². The second-order valence-corrected chi connectivity index (χ2v) is 5.84. The van der Waals surface area contributed by atoms with Crippen molar-refractivity contribution in [3.63, 3.8) is 0 Å². The summed E-state index contributed by atoms with van der Waals surface area (Å²) in [5.41, 5.74) is 7.22. The number of ether oxygens (including phenoxy) is 1. The van der Waals surface area contributed by atoms with Crippen LogP contribution in [0.3, 0.4) is 0 Å². The van der Waals surface area contributed by atoms with Crippen molar-refractivity contribution in [2.75, 3.05) is 13.2 Å². The lowest BCUT2D eigenvalue weighted by Gasteiger charge is -2.27. The molecule has 1 aromatic carbocycles. The van der Waals surface area contributed by atoms with Gasteiger partial charge in [0, 0.05) is 0 Å². The first kappa shape index (κ1) is 17.5. The maximum atomic E-state index is 11.6. The summed E-state index contributed by atoms with van der Waals surface area (Å²) < 4.78 is 5.79. The van der Waals surface area contributed by atoms with Gasteiger partial charge >= 0.3 is 0 Å². The molecule has 0 fully saturated rings. The number of carbonyl (C=O) groups excluding carboxylic acids is 1. The van der Waals surface area contributed by atoms with Crippen LogP contribution in [0, 0.1) is 13.8 Å². The van der Waals surface area contributed by atoms with Crippen molar-refractivity contribution >= 4 is 5.91 Å². The van der Waals surface area contributed by atoms with Gasteiger partial charge in [-0.25, -0.2) is 0 Å². The largest absolute Gasteiger partial charge is 0.493 e. The van der Waals surface area contributed by atoms with Crippen LogP contribution in [0.2, 0.25) is 0 Å². The highest BCUT2D eigenvalue weighted by atomic mass is 16.5. The van der Waals surface area contributed by atoms with Gasteiger partial charge in [-0.1, -0.05) is 24.6 Å². The molecule has 0 aliphatic rings. The fourth-order valence-corrected chi connectivity index (χ4v) is 2.27. The van der Waals surface area contributed by atoms with Gasteiger partial charge in [-0.05, 0) is 58.2 Å². The first-order valence-electron chi connectivity index (χ1n) is 7.64. The first-order chi connectivity index (χ1) is 9.89. The van der Waals surface area contributed by atoms with Gasteiger partial charge in [0.15, 0.2) is 0 Å². The topological polar surface area (TPSA) is 64.3 Å². The molecule has 0 spiro atoms. The third kappa shape index (κ3) is 5.38. The van der Waals surface area contributed by atoms with Crippen LogP contribution in [0.15, 0.2) is 18.2 Å². The van der Waals surface area contributed by atoms with Crippen LogP contribution < -0.4 is 15.8 Å². The van der Waals surface area contributed by atoms with E-state index in [0.29, 0.717) is 13.0 Å². The first-order valence-corrected chi connectivity index (χ1v) is 7.64. The van der Waals surface area contributed by atoms with E-state index in [1.165, 1.54) is 5.56 Å². The molecule has 0 radical (unpaired) electrons. The molecule has 1 atom stereocenters. The fourth-order valence-electron chi connectivity index (χ4n) is 2.27. The molecule has 1 amide bonds. The Hall–Kier alpha value is -1.55. The third-order valence-corrected chi connectivity index (χ3v) is 3.72. The summed E-state index contributed by atoms with van der Waals surface area (Å²) >= 11 is 0. The second-order valence-electron chi connectivity index (χ2n) is 5.84. The predicted molar refractivity (Wildman–Crippen MR) is 86.5 cm³/mol. The van der Waals surface area contributed by atoms with Crippen LogP contribution in [0.25, 0.3) is 0 Å².